The van der Waals surface area contributed by atoms with Crippen LogP contribution in [0.4, 0.5) is 0 Å². The second-order valence-electron chi connectivity index (χ2n) is 6.80. The summed E-state index contributed by atoms with van der Waals surface area (Å²) in [5.41, 5.74) is 2.52. The third kappa shape index (κ3) is 4.22. The number of benzene rings is 1. The van der Waals surface area contributed by atoms with E-state index >= 15 is 0 Å². The predicted octanol–water partition coefficient (Wildman–Crippen LogP) is 2.39. The van der Waals surface area contributed by atoms with Crippen molar-refractivity contribution in [1.82, 2.24) is 15.1 Å². The second-order valence-corrected chi connectivity index (χ2v) is 6.80. The van der Waals surface area contributed by atoms with Crippen LogP contribution in [0.5, 0.6) is 0 Å². The summed E-state index contributed by atoms with van der Waals surface area (Å²) in [5.74, 6) is -1.11. The van der Waals surface area contributed by atoms with Crippen LogP contribution in [-0.4, -0.2) is 33.3 Å². The van der Waals surface area contributed by atoms with Gasteiger partial charge in [0.05, 0.1) is 11.3 Å². The van der Waals surface area contributed by atoms with Crippen molar-refractivity contribution in [3.05, 3.63) is 52.8 Å². The normalized spacial score (nSPS) is 11.3. The summed E-state index contributed by atoms with van der Waals surface area (Å²) in [6, 6.07) is 8.47. The van der Waals surface area contributed by atoms with Crippen LogP contribution in [0.15, 0.2) is 30.3 Å². The maximum absolute atomic E-state index is 12.3. The average Bonchev–Trinajstić information content (AvgIpc) is 2.90. The zero-order chi connectivity index (χ0) is 17.9. The molecule has 0 atom stereocenters. The molecule has 2 aromatic rings. The molecule has 0 saturated heterocycles. The van der Waals surface area contributed by atoms with Gasteiger partial charge < -0.3 is 10.4 Å². The molecule has 1 aromatic heterocycles. The number of aromatic nitrogens is 2. The van der Waals surface area contributed by atoms with Crippen molar-refractivity contribution in [3.8, 4) is 0 Å². The van der Waals surface area contributed by atoms with E-state index in [2.05, 4.69) is 31.2 Å². The fraction of sp³-hybridized carbons (Fsp3) is 0.389. The molecular weight excluding hydrogens is 306 g/mol. The monoisotopic (exact) mass is 329 g/mol. The van der Waals surface area contributed by atoms with Gasteiger partial charge in [-0.25, -0.2) is 4.79 Å². The zero-order valence-corrected chi connectivity index (χ0v) is 14.5. The molecule has 24 heavy (non-hydrogen) atoms. The van der Waals surface area contributed by atoms with E-state index in [1.807, 2.05) is 6.07 Å². The summed E-state index contributed by atoms with van der Waals surface area (Å²) in [5, 5.41) is 16.1. The maximum Gasteiger partial charge on any atom is 0.335 e. The molecule has 0 fully saturated rings. The quantitative estimate of drug-likeness (QED) is 0.882. The minimum Gasteiger partial charge on any atom is -0.478 e. The Morgan fingerprint density at radius 3 is 2.33 bits per heavy atom. The van der Waals surface area contributed by atoms with Gasteiger partial charge in [-0.3, -0.25) is 9.48 Å². The van der Waals surface area contributed by atoms with Crippen LogP contribution in [0.2, 0.25) is 0 Å². The summed E-state index contributed by atoms with van der Waals surface area (Å²) >= 11 is 0. The molecule has 0 radical (unpaired) electrons. The number of aryl methyl sites for hydroxylation is 1. The van der Waals surface area contributed by atoms with Gasteiger partial charge in [0.2, 0.25) is 0 Å². The Labute approximate surface area is 141 Å². The number of nitrogens with zero attached hydrogens (tertiary/aromatic N) is 2. The Hall–Kier alpha value is -2.63. The molecule has 1 aromatic carbocycles. The minimum absolute atomic E-state index is 0.109. The highest BCUT2D eigenvalue weighted by atomic mass is 16.4. The Balaban J connectivity index is 1.94. The molecule has 0 aliphatic carbocycles. The molecule has 1 amide bonds. The molecule has 0 aliphatic heterocycles. The number of nitrogens with one attached hydrogen (secondary N) is 1. The number of rotatable bonds is 5. The summed E-state index contributed by atoms with van der Waals surface area (Å²) in [4.78, 5) is 23.1. The van der Waals surface area contributed by atoms with Gasteiger partial charge in [0.25, 0.3) is 5.91 Å². The van der Waals surface area contributed by atoms with E-state index in [1.54, 1.807) is 36.0 Å². The van der Waals surface area contributed by atoms with E-state index in [0.717, 1.165) is 11.3 Å². The van der Waals surface area contributed by atoms with Crippen molar-refractivity contribution < 1.29 is 14.7 Å². The summed E-state index contributed by atoms with van der Waals surface area (Å²) in [6.45, 7) is 6.63. The van der Waals surface area contributed by atoms with Gasteiger partial charge in [-0.2, -0.15) is 5.10 Å². The summed E-state index contributed by atoms with van der Waals surface area (Å²) in [6.07, 6.45) is 0.635. The molecule has 2 N–H and O–H groups in total. The predicted molar refractivity (Wildman–Crippen MR) is 91.3 cm³/mol. The second kappa shape index (κ2) is 6.86. The van der Waals surface area contributed by atoms with Crippen molar-refractivity contribution in [2.24, 2.45) is 7.05 Å². The molecule has 0 aliphatic rings. The van der Waals surface area contributed by atoms with Crippen molar-refractivity contribution in [2.75, 3.05) is 6.54 Å². The van der Waals surface area contributed by atoms with Crippen LogP contribution in [-0.2, 0) is 18.9 Å². The van der Waals surface area contributed by atoms with Gasteiger partial charge in [-0.1, -0.05) is 32.9 Å². The number of carbonyl (C=O) groups excluding carboxylic acids is 1. The maximum atomic E-state index is 12.3. The van der Waals surface area contributed by atoms with Crippen LogP contribution < -0.4 is 5.32 Å². The molecular formula is C18H23N3O3. The zero-order valence-electron chi connectivity index (χ0n) is 14.5. The van der Waals surface area contributed by atoms with Crippen LogP contribution in [0.1, 0.15) is 52.9 Å². The van der Waals surface area contributed by atoms with Gasteiger partial charge in [0, 0.05) is 19.0 Å². The third-order valence-corrected chi connectivity index (χ3v) is 3.78. The molecule has 0 unspecified atom stereocenters. The number of carboxylic acids is 1. The van der Waals surface area contributed by atoms with Gasteiger partial charge in [-0.15, -0.1) is 0 Å². The van der Waals surface area contributed by atoms with E-state index in [9.17, 15) is 9.59 Å². The Kier molecular flexibility index (Phi) is 5.07. The highest BCUT2D eigenvalue weighted by Crippen LogP contribution is 2.21. The van der Waals surface area contributed by atoms with E-state index < -0.39 is 5.97 Å². The highest BCUT2D eigenvalue weighted by Gasteiger charge is 2.21. The van der Waals surface area contributed by atoms with Crippen molar-refractivity contribution in [3.63, 3.8) is 0 Å². The largest absolute Gasteiger partial charge is 0.478 e. The van der Waals surface area contributed by atoms with Crippen molar-refractivity contribution in [1.29, 1.82) is 0 Å². The van der Waals surface area contributed by atoms with Crippen LogP contribution in [0, 0.1) is 0 Å². The summed E-state index contributed by atoms with van der Waals surface area (Å²) < 4.78 is 1.59. The minimum atomic E-state index is -0.944. The highest BCUT2D eigenvalue weighted by molar-refractivity contribution is 5.92. The van der Waals surface area contributed by atoms with E-state index in [4.69, 9.17) is 5.11 Å². The number of hydrogen-bond acceptors (Lipinski definition) is 3. The lowest BCUT2D eigenvalue weighted by Crippen LogP contribution is -2.27. The first-order chi connectivity index (χ1) is 11.2. The first-order valence-corrected chi connectivity index (χ1v) is 7.83. The Morgan fingerprint density at radius 2 is 1.83 bits per heavy atom. The average molecular weight is 329 g/mol. The number of carboxylic acid groups (broad SMARTS) is 1. The molecule has 128 valence electrons. The Bertz CT molecular complexity index is 740. The molecule has 6 nitrogen and oxygen atoms in total. The van der Waals surface area contributed by atoms with Crippen molar-refractivity contribution >= 4 is 11.9 Å². The smallest absolute Gasteiger partial charge is 0.335 e. The molecule has 1 heterocycles. The molecule has 2 rings (SSSR count). The Morgan fingerprint density at radius 1 is 1.21 bits per heavy atom. The number of aromatic carboxylic acids is 1. The lowest BCUT2D eigenvalue weighted by molar-refractivity contribution is 0.0696. The number of amides is 1. The van der Waals surface area contributed by atoms with Crippen LogP contribution in [0.25, 0.3) is 0 Å². The molecule has 0 spiro atoms. The van der Waals surface area contributed by atoms with Gasteiger partial charge in [0.1, 0.15) is 5.69 Å². The van der Waals surface area contributed by atoms with E-state index in [-0.39, 0.29) is 16.9 Å². The van der Waals surface area contributed by atoms with Crippen molar-refractivity contribution in [2.45, 2.75) is 32.6 Å². The van der Waals surface area contributed by atoms with Gasteiger partial charge >= 0.3 is 5.97 Å². The third-order valence-electron chi connectivity index (χ3n) is 3.78. The first-order valence-electron chi connectivity index (χ1n) is 7.83. The first kappa shape index (κ1) is 17.7. The van der Waals surface area contributed by atoms with Gasteiger partial charge in [-0.05, 0) is 30.2 Å². The molecule has 6 heteroatoms. The van der Waals surface area contributed by atoms with E-state index in [1.165, 1.54) is 0 Å². The SMILES string of the molecule is Cn1nc(C(C)(C)C)cc1C(=O)NCCc1ccc(C(=O)O)cc1. The van der Waals surface area contributed by atoms with Gasteiger partial charge in [0.15, 0.2) is 0 Å². The standard InChI is InChI=1S/C18H23N3O3/c1-18(2,3)15-11-14(21(4)20-15)16(22)19-10-9-12-5-7-13(8-6-12)17(23)24/h5-8,11H,9-10H2,1-4H3,(H,19,22)(H,23,24). The summed E-state index contributed by atoms with van der Waals surface area (Å²) in [7, 11) is 1.76. The van der Waals surface area contributed by atoms with Crippen LogP contribution >= 0.6 is 0 Å². The van der Waals surface area contributed by atoms with E-state index in [0.29, 0.717) is 18.7 Å². The fourth-order valence-electron chi connectivity index (χ4n) is 2.27. The topological polar surface area (TPSA) is 84.2 Å². The number of carbonyl (C=O) groups is 2. The lowest BCUT2D eigenvalue weighted by Gasteiger charge is -2.13. The molecule has 0 saturated carbocycles. The number of hydrogen-bond donors (Lipinski definition) is 2. The lowest BCUT2D eigenvalue weighted by atomic mass is 9.92. The van der Waals surface area contributed by atoms with Crippen LogP contribution in [0.3, 0.4) is 0 Å². The molecule has 0 bridgehead atoms. The fourth-order valence-corrected chi connectivity index (χ4v) is 2.27.